The van der Waals surface area contributed by atoms with Crippen molar-refractivity contribution in [2.75, 3.05) is 15.1 Å². The number of amides is 4. The van der Waals surface area contributed by atoms with E-state index in [2.05, 4.69) is 21.2 Å². The van der Waals surface area contributed by atoms with Crippen molar-refractivity contribution in [2.45, 2.75) is 28.5 Å². The molecular formula is C38H27BrCl2FN3O5. The van der Waals surface area contributed by atoms with Crippen LogP contribution in [0.25, 0.3) is 0 Å². The average molecular weight is 775 g/mol. The van der Waals surface area contributed by atoms with Crippen LogP contribution in [0.5, 0.6) is 5.75 Å². The number of benzene rings is 4. The first-order chi connectivity index (χ1) is 23.9. The number of hydrogen-bond donors (Lipinski definition) is 2. The van der Waals surface area contributed by atoms with Gasteiger partial charge in [0, 0.05) is 27.3 Å². The number of para-hydroxylation sites is 1. The van der Waals surface area contributed by atoms with E-state index in [0.717, 1.165) is 28.4 Å². The van der Waals surface area contributed by atoms with Gasteiger partial charge < -0.3 is 10.4 Å². The summed E-state index contributed by atoms with van der Waals surface area (Å²) in [6.07, 6.45) is 1.74. The van der Waals surface area contributed by atoms with E-state index >= 15 is 0 Å². The summed E-state index contributed by atoms with van der Waals surface area (Å²) in [6.45, 7) is 0. The number of hydrogen-bond acceptors (Lipinski definition) is 6. The molecule has 2 N–H and O–H groups in total. The first kappa shape index (κ1) is 32.7. The zero-order chi connectivity index (χ0) is 35.1. The van der Waals surface area contributed by atoms with Gasteiger partial charge in [-0.15, -0.1) is 23.2 Å². The van der Waals surface area contributed by atoms with Gasteiger partial charge in [0.1, 0.15) is 11.6 Å². The number of carbonyl (C=O) groups excluding carboxylic acids is 4. The predicted molar refractivity (Wildman–Crippen MR) is 191 cm³/mol. The fraction of sp³-hybridized carbons (Fsp3) is 0.211. The van der Waals surface area contributed by atoms with Crippen LogP contribution in [-0.4, -0.2) is 38.5 Å². The highest BCUT2D eigenvalue weighted by Gasteiger charge is 2.77. The summed E-state index contributed by atoms with van der Waals surface area (Å²) in [7, 11) is 0. The molecule has 0 unspecified atom stereocenters. The lowest BCUT2D eigenvalue weighted by Gasteiger charge is -2.50. The topological polar surface area (TPSA) is 107 Å². The molecule has 50 heavy (non-hydrogen) atoms. The number of phenols is 1. The van der Waals surface area contributed by atoms with Crippen LogP contribution in [0, 0.1) is 23.6 Å². The van der Waals surface area contributed by atoms with Crippen LogP contribution in [0.15, 0.2) is 113 Å². The Morgan fingerprint density at radius 1 is 0.780 bits per heavy atom. The Morgan fingerprint density at radius 3 is 2.12 bits per heavy atom. The molecular weight excluding hydrogens is 748 g/mol. The third-order valence-corrected chi connectivity index (χ3v) is 12.3. The fourth-order valence-electron chi connectivity index (χ4n) is 8.14. The van der Waals surface area contributed by atoms with Crippen LogP contribution in [0.1, 0.15) is 24.3 Å². The van der Waals surface area contributed by atoms with Crippen molar-refractivity contribution in [3.63, 3.8) is 0 Å². The number of anilines is 4. The third kappa shape index (κ3) is 4.68. The monoisotopic (exact) mass is 773 g/mol. The molecule has 8 rings (SSSR count). The smallest absolute Gasteiger partial charge is 0.258 e. The van der Waals surface area contributed by atoms with Gasteiger partial charge in [-0.1, -0.05) is 45.8 Å². The summed E-state index contributed by atoms with van der Waals surface area (Å²) in [5, 5.41) is 14.5. The number of halogens is 4. The summed E-state index contributed by atoms with van der Waals surface area (Å²) in [5.41, 5.74) is 2.89. The summed E-state index contributed by atoms with van der Waals surface area (Å²) in [6, 6.07) is 26.0. The van der Waals surface area contributed by atoms with E-state index in [0.29, 0.717) is 15.7 Å². The van der Waals surface area contributed by atoms with E-state index < -0.39 is 57.0 Å². The molecule has 4 amide bonds. The second-order valence-electron chi connectivity index (χ2n) is 13.0. The number of allylic oxidation sites excluding steroid dienone is 2. The molecule has 1 saturated carbocycles. The lowest BCUT2D eigenvalue weighted by molar-refractivity contribution is -0.125. The van der Waals surface area contributed by atoms with E-state index in [1.165, 1.54) is 23.1 Å². The van der Waals surface area contributed by atoms with Gasteiger partial charge in [-0.3, -0.25) is 24.1 Å². The molecule has 0 aromatic heterocycles. The van der Waals surface area contributed by atoms with Gasteiger partial charge >= 0.3 is 0 Å². The van der Waals surface area contributed by atoms with Gasteiger partial charge in [0.25, 0.3) is 11.8 Å². The number of aromatic hydroxyl groups is 1. The molecule has 2 saturated heterocycles. The predicted octanol–water partition coefficient (Wildman–Crippen LogP) is 7.81. The highest BCUT2D eigenvalue weighted by Crippen LogP contribution is 2.66. The summed E-state index contributed by atoms with van der Waals surface area (Å²) < 4.78 is 14.5. The minimum absolute atomic E-state index is 0.0754. The summed E-state index contributed by atoms with van der Waals surface area (Å²) in [4.78, 5) is 55.1. The van der Waals surface area contributed by atoms with Gasteiger partial charge in [0.05, 0.1) is 23.2 Å². The number of imide groups is 2. The SMILES string of the molecule is O=C1[C@H]2[C@H](CC=C3[C@H]2C[C@@]2(Cl)C(=O)N(c4ccc(F)cc4)C(=O)[C@@]2(Cl)[C@H]3c2cc(Br)ccc2O)C(=O)N1c1ccc(Nc2ccccc2)cc1. The van der Waals surface area contributed by atoms with Crippen molar-refractivity contribution in [3.8, 4) is 5.75 Å². The number of rotatable bonds is 5. The largest absolute Gasteiger partial charge is 0.508 e. The van der Waals surface area contributed by atoms with Crippen molar-refractivity contribution in [2.24, 2.45) is 17.8 Å². The third-order valence-electron chi connectivity index (χ3n) is 10.4. The maximum atomic E-state index is 14.5. The molecule has 0 radical (unpaired) electrons. The average Bonchev–Trinajstić information content (AvgIpc) is 3.45. The van der Waals surface area contributed by atoms with Crippen LogP contribution in [-0.2, 0) is 19.2 Å². The number of phenolic OH excluding ortho intramolecular Hbond substituents is 1. The number of carbonyl (C=O) groups is 4. The van der Waals surface area contributed by atoms with Gasteiger partial charge in [-0.2, -0.15) is 0 Å². The highest BCUT2D eigenvalue weighted by atomic mass is 79.9. The first-order valence-corrected chi connectivity index (χ1v) is 17.5. The van der Waals surface area contributed by atoms with Gasteiger partial charge in [0.15, 0.2) is 9.75 Å². The molecule has 252 valence electrons. The van der Waals surface area contributed by atoms with E-state index in [1.807, 2.05) is 30.3 Å². The van der Waals surface area contributed by atoms with Crippen molar-refractivity contribution in [1.82, 2.24) is 0 Å². The quantitative estimate of drug-likeness (QED) is 0.122. The zero-order valence-corrected chi connectivity index (χ0v) is 29.1. The summed E-state index contributed by atoms with van der Waals surface area (Å²) >= 11 is 18.2. The van der Waals surface area contributed by atoms with E-state index in [4.69, 9.17) is 23.2 Å². The minimum atomic E-state index is -2.15. The van der Waals surface area contributed by atoms with Crippen molar-refractivity contribution in [1.29, 1.82) is 0 Å². The highest BCUT2D eigenvalue weighted by molar-refractivity contribution is 9.10. The second-order valence-corrected chi connectivity index (χ2v) is 15.2. The Kier molecular flexibility index (Phi) is 7.70. The molecule has 0 bridgehead atoms. The molecule has 2 aliphatic heterocycles. The van der Waals surface area contributed by atoms with E-state index in [9.17, 15) is 28.7 Å². The molecule has 4 aromatic carbocycles. The molecule has 4 aliphatic rings. The van der Waals surface area contributed by atoms with Crippen LogP contribution in [0.4, 0.5) is 27.1 Å². The number of nitrogens with one attached hydrogen (secondary N) is 1. The molecule has 6 atom stereocenters. The fourth-order valence-corrected chi connectivity index (χ4v) is 9.44. The van der Waals surface area contributed by atoms with Crippen molar-refractivity contribution >= 4 is 85.5 Å². The van der Waals surface area contributed by atoms with E-state index in [1.54, 1.807) is 42.5 Å². The molecule has 4 aromatic rings. The van der Waals surface area contributed by atoms with Crippen LogP contribution < -0.4 is 15.1 Å². The minimum Gasteiger partial charge on any atom is -0.508 e. The Hall–Kier alpha value is -4.51. The normalized spacial score (nSPS) is 28.7. The maximum Gasteiger partial charge on any atom is 0.258 e. The van der Waals surface area contributed by atoms with Gasteiger partial charge in [-0.05, 0) is 97.6 Å². The number of nitrogens with zero attached hydrogens (tertiary/aromatic N) is 2. The van der Waals surface area contributed by atoms with Crippen LogP contribution in [0.2, 0.25) is 0 Å². The number of alkyl halides is 2. The lowest BCUT2D eigenvalue weighted by Crippen LogP contribution is -2.60. The molecule has 3 fully saturated rings. The van der Waals surface area contributed by atoms with Crippen molar-refractivity contribution in [3.05, 3.63) is 125 Å². The Morgan fingerprint density at radius 2 is 1.42 bits per heavy atom. The zero-order valence-electron chi connectivity index (χ0n) is 26.0. The van der Waals surface area contributed by atoms with Gasteiger partial charge in [0.2, 0.25) is 11.8 Å². The second kappa shape index (κ2) is 11.8. The standard InChI is InChI=1S/C38H27BrCl2FN3O5/c39-20-6-17-30(46)28(18-20)32-26-15-16-27-31(34(48)44(33(27)47)24-13-9-23(10-14-24)43-22-4-2-1-3-5-22)29(26)19-37(40)35(49)45(36(50)38(32,37)41)25-11-7-21(42)8-12-25/h1-15,17-18,27,29,31-32,43,46H,16,19H2/t27-,29+,31-,32+,37+,38-/m0/s1. The Bertz CT molecular complexity index is 2130. The summed E-state index contributed by atoms with van der Waals surface area (Å²) in [5.74, 6) is -6.88. The molecule has 0 spiro atoms. The Labute approximate surface area is 304 Å². The van der Waals surface area contributed by atoms with Gasteiger partial charge in [-0.25, -0.2) is 9.29 Å². The molecule has 2 aliphatic carbocycles. The van der Waals surface area contributed by atoms with Crippen molar-refractivity contribution < 1.29 is 28.7 Å². The van der Waals surface area contributed by atoms with E-state index in [-0.39, 0.29) is 35.7 Å². The molecule has 12 heteroatoms. The number of fused-ring (bicyclic) bond motifs is 4. The maximum absolute atomic E-state index is 14.5. The molecule has 8 nitrogen and oxygen atoms in total. The molecule has 2 heterocycles. The first-order valence-electron chi connectivity index (χ1n) is 15.9. The van der Waals surface area contributed by atoms with Crippen LogP contribution >= 0.6 is 39.1 Å². The Balaban J connectivity index is 1.21. The lowest BCUT2D eigenvalue weighted by atomic mass is 9.56. The van der Waals surface area contributed by atoms with Crippen LogP contribution in [0.3, 0.4) is 0 Å².